The molecule has 158 valence electrons. The van der Waals surface area contributed by atoms with E-state index in [2.05, 4.69) is 40.8 Å². The van der Waals surface area contributed by atoms with Crippen LogP contribution in [0.3, 0.4) is 0 Å². The van der Waals surface area contributed by atoms with E-state index in [1.807, 2.05) is 13.0 Å². The van der Waals surface area contributed by atoms with Crippen LogP contribution in [0.4, 0.5) is 23.0 Å². The third kappa shape index (κ3) is 5.09. The van der Waals surface area contributed by atoms with Gasteiger partial charge in [0.1, 0.15) is 21.7 Å². The van der Waals surface area contributed by atoms with Gasteiger partial charge in [-0.15, -0.1) is 11.3 Å². The third-order valence-corrected chi connectivity index (χ3v) is 7.88. The zero-order chi connectivity index (χ0) is 21.1. The summed E-state index contributed by atoms with van der Waals surface area (Å²) in [4.78, 5) is 11.1. The molecule has 1 aliphatic rings. The first-order valence-corrected chi connectivity index (χ1v) is 12.3. The third-order valence-electron chi connectivity index (χ3n) is 4.38. The number of morpholine rings is 1. The predicted molar refractivity (Wildman–Crippen MR) is 122 cm³/mol. The van der Waals surface area contributed by atoms with Crippen LogP contribution in [0.5, 0.6) is 0 Å². The predicted octanol–water partition coefficient (Wildman–Crippen LogP) is 3.99. The van der Waals surface area contributed by atoms with Crippen molar-refractivity contribution >= 4 is 60.3 Å². The molecule has 3 aromatic rings. The molecule has 1 fully saturated rings. The van der Waals surface area contributed by atoms with Crippen LogP contribution < -0.4 is 14.9 Å². The summed E-state index contributed by atoms with van der Waals surface area (Å²) in [7, 11) is -3.61. The lowest BCUT2D eigenvalue weighted by Crippen LogP contribution is -2.36. The van der Waals surface area contributed by atoms with Crippen molar-refractivity contribution in [2.45, 2.75) is 11.1 Å². The van der Waals surface area contributed by atoms with E-state index < -0.39 is 10.0 Å². The molecular weight excluding hydrogens is 490 g/mol. The van der Waals surface area contributed by atoms with Crippen LogP contribution in [-0.2, 0) is 14.8 Å². The van der Waals surface area contributed by atoms with Gasteiger partial charge in [0.15, 0.2) is 0 Å². The number of ether oxygens (including phenoxy) is 1. The molecule has 0 atom stereocenters. The van der Waals surface area contributed by atoms with Gasteiger partial charge in [-0.3, -0.25) is 4.72 Å². The fraction of sp³-hybridized carbons (Fsp3) is 0.263. The number of sulfonamides is 1. The normalized spacial score (nSPS) is 14.5. The van der Waals surface area contributed by atoms with Crippen LogP contribution in [0, 0.1) is 6.92 Å². The van der Waals surface area contributed by atoms with Crippen LogP contribution in [0.15, 0.2) is 50.5 Å². The Morgan fingerprint density at radius 1 is 1.07 bits per heavy atom. The van der Waals surface area contributed by atoms with E-state index >= 15 is 0 Å². The molecule has 1 saturated heterocycles. The largest absolute Gasteiger partial charge is 0.378 e. The Balaban J connectivity index is 1.46. The van der Waals surface area contributed by atoms with Gasteiger partial charge < -0.3 is 15.0 Å². The summed E-state index contributed by atoms with van der Waals surface area (Å²) in [5, 5.41) is 3.26. The zero-order valence-electron chi connectivity index (χ0n) is 16.1. The maximum absolute atomic E-state index is 12.4. The van der Waals surface area contributed by atoms with Crippen molar-refractivity contribution in [1.82, 2.24) is 9.97 Å². The molecule has 2 N–H and O–H groups in total. The fourth-order valence-electron chi connectivity index (χ4n) is 2.99. The molecule has 0 aliphatic carbocycles. The van der Waals surface area contributed by atoms with Crippen molar-refractivity contribution in [3.8, 4) is 0 Å². The Kier molecular flexibility index (Phi) is 6.23. The maximum atomic E-state index is 12.4. The van der Waals surface area contributed by atoms with Gasteiger partial charge in [-0.2, -0.15) is 0 Å². The zero-order valence-corrected chi connectivity index (χ0v) is 19.3. The van der Waals surface area contributed by atoms with Crippen molar-refractivity contribution in [2.75, 3.05) is 41.2 Å². The first kappa shape index (κ1) is 21.0. The number of halogens is 1. The molecule has 1 aromatic carbocycles. The molecule has 0 saturated carbocycles. The number of rotatable bonds is 6. The Hall–Kier alpha value is -2.21. The van der Waals surface area contributed by atoms with Crippen LogP contribution in [0.2, 0.25) is 0 Å². The molecule has 3 heterocycles. The number of hydrogen-bond acceptors (Lipinski definition) is 8. The van der Waals surface area contributed by atoms with Gasteiger partial charge in [0, 0.05) is 30.5 Å². The standard InChI is InChI=1S/C19H20BrN5O3S2/c1-13-21-17(12-18(22-13)25-8-10-28-11-9-25)23-14-2-4-15(5-3-14)24-30(26,27)19-7-6-16(20)29-19/h2-7,12,24H,8-11H2,1H3,(H,21,22,23). The van der Waals surface area contributed by atoms with Crippen LogP contribution >= 0.6 is 27.3 Å². The molecule has 1 aliphatic heterocycles. The summed E-state index contributed by atoms with van der Waals surface area (Å²) in [6.45, 7) is 4.82. The maximum Gasteiger partial charge on any atom is 0.271 e. The lowest BCUT2D eigenvalue weighted by atomic mass is 10.3. The first-order valence-electron chi connectivity index (χ1n) is 9.23. The Labute approximate surface area is 187 Å². The summed E-state index contributed by atoms with van der Waals surface area (Å²) in [5.74, 6) is 2.22. The van der Waals surface area contributed by atoms with Crippen molar-refractivity contribution < 1.29 is 13.2 Å². The summed E-state index contributed by atoms with van der Waals surface area (Å²) in [6.07, 6.45) is 0. The van der Waals surface area contributed by atoms with Crippen LogP contribution in [0.1, 0.15) is 5.82 Å². The van der Waals surface area contributed by atoms with E-state index in [-0.39, 0.29) is 4.21 Å². The monoisotopic (exact) mass is 509 g/mol. The minimum absolute atomic E-state index is 0.253. The minimum atomic E-state index is -3.61. The SMILES string of the molecule is Cc1nc(Nc2ccc(NS(=O)(=O)c3ccc(Br)s3)cc2)cc(N2CCOCC2)n1. The lowest BCUT2D eigenvalue weighted by Gasteiger charge is -2.28. The number of aromatic nitrogens is 2. The smallest absolute Gasteiger partial charge is 0.271 e. The summed E-state index contributed by atoms with van der Waals surface area (Å²) in [6, 6.07) is 12.2. The molecule has 11 heteroatoms. The number of nitrogens with one attached hydrogen (secondary N) is 2. The van der Waals surface area contributed by atoms with E-state index in [1.165, 1.54) is 0 Å². The quantitative estimate of drug-likeness (QED) is 0.518. The molecule has 0 radical (unpaired) electrons. The average Bonchev–Trinajstić information content (AvgIpc) is 3.17. The van der Waals surface area contributed by atoms with E-state index in [1.54, 1.807) is 36.4 Å². The second kappa shape index (κ2) is 8.88. The molecule has 0 unspecified atom stereocenters. The summed E-state index contributed by atoms with van der Waals surface area (Å²) >= 11 is 4.45. The van der Waals surface area contributed by atoms with Crippen LogP contribution in [0.25, 0.3) is 0 Å². The Bertz CT molecular complexity index is 1130. The highest BCUT2D eigenvalue weighted by atomic mass is 79.9. The number of benzene rings is 1. The molecular formula is C19H20BrN5O3S2. The van der Waals surface area contributed by atoms with Crippen molar-refractivity contribution in [2.24, 2.45) is 0 Å². The van der Waals surface area contributed by atoms with E-state index in [9.17, 15) is 8.42 Å². The van der Waals surface area contributed by atoms with Crippen LogP contribution in [-0.4, -0.2) is 44.7 Å². The number of thiophene rings is 1. The van der Waals surface area contributed by atoms with Gasteiger partial charge in [-0.05, 0) is 59.3 Å². The van der Waals surface area contributed by atoms with Gasteiger partial charge in [0.25, 0.3) is 10.0 Å². The van der Waals surface area contributed by atoms with Gasteiger partial charge in [-0.25, -0.2) is 18.4 Å². The molecule has 2 aromatic heterocycles. The van der Waals surface area contributed by atoms with Gasteiger partial charge in [0.2, 0.25) is 0 Å². The molecule has 4 rings (SSSR count). The number of aryl methyl sites for hydroxylation is 1. The Morgan fingerprint density at radius 2 is 1.77 bits per heavy atom. The number of anilines is 4. The number of hydrogen-bond donors (Lipinski definition) is 2. The second-order valence-corrected chi connectivity index (χ2v) is 11.0. The molecule has 30 heavy (non-hydrogen) atoms. The van der Waals surface area contributed by atoms with Gasteiger partial charge in [-0.1, -0.05) is 0 Å². The average molecular weight is 510 g/mol. The second-order valence-electron chi connectivity index (χ2n) is 6.62. The van der Waals surface area contributed by atoms with Crippen molar-refractivity contribution in [3.63, 3.8) is 0 Å². The minimum Gasteiger partial charge on any atom is -0.378 e. The topological polar surface area (TPSA) is 96.5 Å². The highest BCUT2D eigenvalue weighted by molar-refractivity contribution is 9.11. The molecule has 0 spiro atoms. The number of nitrogens with zero attached hydrogens (tertiary/aromatic N) is 3. The van der Waals surface area contributed by atoms with Crippen molar-refractivity contribution in [3.05, 3.63) is 52.1 Å². The summed E-state index contributed by atoms with van der Waals surface area (Å²) in [5.41, 5.74) is 1.28. The van der Waals surface area contributed by atoms with E-state index in [0.29, 0.717) is 30.5 Å². The van der Waals surface area contributed by atoms with Gasteiger partial charge >= 0.3 is 0 Å². The fourth-order valence-corrected chi connectivity index (χ4v) is 6.06. The van der Waals surface area contributed by atoms with E-state index in [4.69, 9.17) is 4.74 Å². The highest BCUT2D eigenvalue weighted by Gasteiger charge is 2.17. The summed E-state index contributed by atoms with van der Waals surface area (Å²) < 4.78 is 33.9. The molecule has 0 amide bonds. The van der Waals surface area contributed by atoms with Crippen molar-refractivity contribution in [1.29, 1.82) is 0 Å². The Morgan fingerprint density at radius 3 is 2.43 bits per heavy atom. The lowest BCUT2D eigenvalue weighted by molar-refractivity contribution is 0.122. The van der Waals surface area contributed by atoms with E-state index in [0.717, 1.165) is 39.7 Å². The van der Waals surface area contributed by atoms with Gasteiger partial charge in [0.05, 0.1) is 17.0 Å². The molecule has 8 nitrogen and oxygen atoms in total. The highest BCUT2D eigenvalue weighted by Crippen LogP contribution is 2.28. The first-order chi connectivity index (χ1) is 14.4. The molecule has 0 bridgehead atoms.